The van der Waals surface area contributed by atoms with Gasteiger partial charge in [-0.2, -0.15) is 0 Å². The molecular weight excluding hydrogens is 659 g/mol. The summed E-state index contributed by atoms with van der Waals surface area (Å²) in [5.74, 6) is 1.43. The van der Waals surface area contributed by atoms with Crippen molar-refractivity contribution in [1.82, 2.24) is 0 Å². The smallest absolute Gasteiger partial charge is 0.353 e. The van der Waals surface area contributed by atoms with Gasteiger partial charge in [0.05, 0.1) is 0 Å². The van der Waals surface area contributed by atoms with E-state index in [0.29, 0.717) is 12.3 Å². The van der Waals surface area contributed by atoms with E-state index in [-0.39, 0.29) is 62.4 Å². The van der Waals surface area contributed by atoms with Crippen molar-refractivity contribution in [3.63, 3.8) is 0 Å². The van der Waals surface area contributed by atoms with E-state index >= 15 is 0 Å². The minimum atomic E-state index is -0.403. The van der Waals surface area contributed by atoms with Gasteiger partial charge in [0.2, 0.25) is 0 Å². The first kappa shape index (κ1) is 37.0. The van der Waals surface area contributed by atoms with Crippen molar-refractivity contribution < 1.29 is 33.6 Å². The van der Waals surface area contributed by atoms with Gasteiger partial charge in [-0.1, -0.05) is 19.8 Å². The number of methoxy groups -OCH3 is 1. The molecule has 1 N–H and O–H groups in total. The molecule has 264 valence electrons. The van der Waals surface area contributed by atoms with Gasteiger partial charge >= 0.3 is 196 Å². The van der Waals surface area contributed by atoms with E-state index in [1.807, 2.05) is 18.2 Å². The first-order valence-corrected chi connectivity index (χ1v) is 20.6. The van der Waals surface area contributed by atoms with Crippen LogP contribution < -0.4 is 4.46 Å². The number of unbranched alkanes of at least 4 members (excludes halogenated alkanes) is 2. The first-order chi connectivity index (χ1) is 23.0. The van der Waals surface area contributed by atoms with Gasteiger partial charge in [0.1, 0.15) is 0 Å². The third-order valence-electron chi connectivity index (χ3n) is 10.9. The van der Waals surface area contributed by atoms with Gasteiger partial charge in [0.15, 0.2) is 6.29 Å². The molecule has 7 nitrogen and oxygen atoms in total. The Labute approximate surface area is 290 Å². The topological polar surface area (TPSA) is 83.5 Å². The van der Waals surface area contributed by atoms with E-state index < -0.39 is 6.10 Å². The third-order valence-corrected chi connectivity index (χ3v) is 13.6. The molecule has 8 heteroatoms. The molecule has 47 heavy (non-hydrogen) atoms. The number of carbonyl (C=O) groups excluding carboxylic acids is 1. The minimum absolute atomic E-state index is 0.0290. The summed E-state index contributed by atoms with van der Waals surface area (Å²) in [5.41, 5.74) is 0. The molecule has 0 amide bonds. The molecule has 5 rings (SSSR count). The molecule has 4 fully saturated rings. The Bertz CT molecular complexity index is 1060. The number of benzene rings is 1. The van der Waals surface area contributed by atoms with E-state index in [2.05, 4.69) is 31.2 Å². The first-order valence-electron chi connectivity index (χ1n) is 18.7. The predicted molar refractivity (Wildman–Crippen MR) is 185 cm³/mol. The molecular formula is C39H60O7Se. The van der Waals surface area contributed by atoms with Crippen molar-refractivity contribution in [2.45, 2.75) is 145 Å². The molecule has 1 aromatic rings. The SMILES string of the molecule is CCC1CCC([C@@H](C=C[C@@H]2[C@@H](CCCCCC([Se]c3ccccc3)C(=O)OC)[C@@H](O)C[C@H]2OC2CCCCO2)OC2CCCCO2)C1. The van der Waals surface area contributed by atoms with Crippen LogP contribution in [0.15, 0.2) is 42.5 Å². The van der Waals surface area contributed by atoms with Gasteiger partial charge in [-0.3, -0.25) is 0 Å². The van der Waals surface area contributed by atoms with E-state index in [9.17, 15) is 9.90 Å². The zero-order chi connectivity index (χ0) is 32.8. The fraction of sp³-hybridized carbons (Fsp3) is 0.769. The summed E-state index contributed by atoms with van der Waals surface area (Å²) in [5, 5.41) is 11.4. The molecule has 5 unspecified atom stereocenters. The van der Waals surface area contributed by atoms with Crippen LogP contribution in [0.5, 0.6) is 0 Å². The summed E-state index contributed by atoms with van der Waals surface area (Å²) < 4.78 is 31.7. The monoisotopic (exact) mass is 720 g/mol. The molecule has 2 aliphatic heterocycles. The number of aliphatic hydroxyl groups is 1. The molecule has 4 aliphatic rings. The molecule has 2 aliphatic carbocycles. The number of ether oxygens (including phenoxy) is 5. The van der Waals surface area contributed by atoms with Gasteiger partial charge in [0, 0.05) is 13.2 Å². The fourth-order valence-corrected chi connectivity index (χ4v) is 10.5. The summed E-state index contributed by atoms with van der Waals surface area (Å²) in [6.07, 6.45) is 20.7. The Hall–Kier alpha value is -1.25. The van der Waals surface area contributed by atoms with Crippen LogP contribution in [-0.2, 0) is 28.5 Å². The average molecular weight is 720 g/mol. The van der Waals surface area contributed by atoms with Crippen LogP contribution >= 0.6 is 0 Å². The van der Waals surface area contributed by atoms with Gasteiger partial charge in [0.25, 0.3) is 0 Å². The fourth-order valence-electron chi connectivity index (χ4n) is 8.15. The second-order valence-corrected chi connectivity index (χ2v) is 16.9. The molecule has 0 spiro atoms. The second-order valence-electron chi connectivity index (χ2n) is 14.2. The molecule has 2 heterocycles. The quantitative estimate of drug-likeness (QED) is 0.0794. The standard InChI is InChI=1S/C39H60O7Se/c1-3-28-20-21-29(26-28)34(45-37-18-10-12-24-43-37)23-22-32-31(33(40)27-35(32)46-38-19-11-13-25-44-38)16-8-5-9-17-36(39(41)42-2)47-30-14-6-4-7-15-30/h4,6-7,14-15,22-23,28-29,31-38,40H,3,5,8-13,16-21,24-27H2,1-2H3/t28?,29?,31-,32-,33+,34-,35-,36?,37?,38?/m1/s1. The Balaban J connectivity index is 1.22. The zero-order valence-corrected chi connectivity index (χ0v) is 30.6. The number of carbonyl (C=O) groups is 1. The van der Waals surface area contributed by atoms with Crippen molar-refractivity contribution in [3.05, 3.63) is 42.5 Å². The number of esters is 1. The molecule has 0 bridgehead atoms. The van der Waals surface area contributed by atoms with Crippen molar-refractivity contribution in [2.24, 2.45) is 23.7 Å². The van der Waals surface area contributed by atoms with Crippen LogP contribution in [0.4, 0.5) is 0 Å². The van der Waals surface area contributed by atoms with Crippen molar-refractivity contribution in [1.29, 1.82) is 0 Å². The third kappa shape index (κ3) is 11.4. The van der Waals surface area contributed by atoms with Crippen LogP contribution in [0.1, 0.15) is 110 Å². The van der Waals surface area contributed by atoms with Crippen LogP contribution in [0.3, 0.4) is 0 Å². The molecule has 0 aromatic heterocycles. The molecule has 2 saturated carbocycles. The van der Waals surface area contributed by atoms with Gasteiger partial charge in [-0.05, 0) is 50.9 Å². The molecule has 10 atom stereocenters. The number of rotatable bonds is 17. The van der Waals surface area contributed by atoms with Gasteiger partial charge in [-0.15, -0.1) is 0 Å². The van der Waals surface area contributed by atoms with Crippen molar-refractivity contribution >= 4 is 25.4 Å². The predicted octanol–water partition coefficient (Wildman–Crippen LogP) is 7.13. The van der Waals surface area contributed by atoms with E-state index in [4.69, 9.17) is 23.7 Å². The number of hydrogen-bond donors (Lipinski definition) is 1. The summed E-state index contributed by atoms with van der Waals surface area (Å²) in [4.78, 5) is 12.5. The van der Waals surface area contributed by atoms with E-state index in [1.54, 1.807) is 0 Å². The Morgan fingerprint density at radius 3 is 2.43 bits per heavy atom. The van der Waals surface area contributed by atoms with Crippen LogP contribution in [0.2, 0.25) is 4.82 Å². The second kappa shape index (κ2) is 19.8. The molecule has 0 radical (unpaired) electrons. The summed E-state index contributed by atoms with van der Waals surface area (Å²) >= 11 is 0.0510. The Kier molecular flexibility index (Phi) is 15.6. The average Bonchev–Trinajstić information content (AvgIpc) is 3.70. The van der Waals surface area contributed by atoms with E-state index in [0.717, 1.165) is 89.8 Å². The van der Waals surface area contributed by atoms with Crippen molar-refractivity contribution in [3.8, 4) is 0 Å². The maximum atomic E-state index is 12.6. The van der Waals surface area contributed by atoms with Crippen LogP contribution in [0, 0.1) is 23.7 Å². The van der Waals surface area contributed by atoms with Gasteiger partial charge in [-0.25, -0.2) is 0 Å². The zero-order valence-electron chi connectivity index (χ0n) is 28.8. The molecule has 1 aromatic carbocycles. The van der Waals surface area contributed by atoms with Crippen LogP contribution in [-0.4, -0.2) is 77.2 Å². The van der Waals surface area contributed by atoms with Gasteiger partial charge < -0.3 is 4.74 Å². The Morgan fingerprint density at radius 2 is 1.74 bits per heavy atom. The molecule has 2 saturated heterocycles. The van der Waals surface area contributed by atoms with Crippen molar-refractivity contribution in [2.75, 3.05) is 20.3 Å². The number of aliphatic hydroxyl groups excluding tert-OH is 1. The Morgan fingerprint density at radius 1 is 0.979 bits per heavy atom. The minimum Gasteiger partial charge on any atom is -0.353 e. The van der Waals surface area contributed by atoms with E-state index in [1.165, 1.54) is 37.3 Å². The van der Waals surface area contributed by atoms with Crippen LogP contribution in [0.25, 0.3) is 0 Å². The number of hydrogen-bond acceptors (Lipinski definition) is 7. The summed E-state index contributed by atoms with van der Waals surface area (Å²) in [6.45, 7) is 3.84. The summed E-state index contributed by atoms with van der Waals surface area (Å²) in [7, 11) is 1.50. The normalized spacial score (nSPS) is 32.8. The summed E-state index contributed by atoms with van der Waals surface area (Å²) in [6, 6.07) is 10.3. The maximum absolute atomic E-state index is 12.6.